The van der Waals surface area contributed by atoms with E-state index in [1.807, 2.05) is 12.1 Å². The summed E-state index contributed by atoms with van der Waals surface area (Å²) in [6, 6.07) is 7.43. The van der Waals surface area contributed by atoms with Gasteiger partial charge in [-0.3, -0.25) is 4.79 Å². The van der Waals surface area contributed by atoms with Gasteiger partial charge in [-0.1, -0.05) is 0 Å². The molecule has 14 heavy (non-hydrogen) atoms. The number of rotatable bonds is 2. The van der Waals surface area contributed by atoms with E-state index in [1.165, 1.54) is 0 Å². The van der Waals surface area contributed by atoms with E-state index in [1.54, 1.807) is 12.1 Å². The Bertz CT molecular complexity index is 321. The van der Waals surface area contributed by atoms with Gasteiger partial charge >= 0.3 is 0 Å². The van der Waals surface area contributed by atoms with Crippen molar-refractivity contribution in [2.24, 2.45) is 0 Å². The molecule has 1 heterocycles. The molecule has 0 spiro atoms. The van der Waals surface area contributed by atoms with Crippen LogP contribution in [0.4, 0.5) is 5.69 Å². The Morgan fingerprint density at radius 3 is 2.57 bits per heavy atom. The van der Waals surface area contributed by atoms with Gasteiger partial charge < -0.3 is 10.0 Å². The van der Waals surface area contributed by atoms with Crippen molar-refractivity contribution >= 4 is 12.0 Å². The number of aliphatic hydroxyl groups excluding tert-OH is 1. The van der Waals surface area contributed by atoms with Crippen molar-refractivity contribution in [1.29, 1.82) is 0 Å². The van der Waals surface area contributed by atoms with E-state index in [0.29, 0.717) is 12.1 Å². The van der Waals surface area contributed by atoms with Gasteiger partial charge in [-0.2, -0.15) is 0 Å². The van der Waals surface area contributed by atoms with Crippen molar-refractivity contribution in [3.8, 4) is 0 Å². The number of carbonyl (C=O) groups is 1. The second-order valence-electron chi connectivity index (χ2n) is 3.60. The van der Waals surface area contributed by atoms with E-state index in [-0.39, 0.29) is 6.10 Å². The van der Waals surface area contributed by atoms with E-state index in [2.05, 4.69) is 4.90 Å². The SMILES string of the molecule is O=Cc1ccc(N2CC[C@@H](O)C2)cc1. The number of hydrogen-bond donors (Lipinski definition) is 1. The smallest absolute Gasteiger partial charge is 0.150 e. The zero-order valence-electron chi connectivity index (χ0n) is 7.89. The Labute approximate surface area is 83.0 Å². The molecule has 1 N–H and O–H groups in total. The molecule has 1 aromatic rings. The Morgan fingerprint density at radius 1 is 1.36 bits per heavy atom. The first kappa shape index (κ1) is 9.21. The van der Waals surface area contributed by atoms with Crippen LogP contribution in [-0.4, -0.2) is 30.6 Å². The van der Waals surface area contributed by atoms with Gasteiger partial charge in [-0.05, 0) is 30.7 Å². The summed E-state index contributed by atoms with van der Waals surface area (Å²) < 4.78 is 0. The lowest BCUT2D eigenvalue weighted by Crippen LogP contribution is -2.20. The summed E-state index contributed by atoms with van der Waals surface area (Å²) in [6.07, 6.45) is 1.46. The summed E-state index contributed by atoms with van der Waals surface area (Å²) in [4.78, 5) is 12.6. The van der Waals surface area contributed by atoms with Crippen molar-refractivity contribution in [1.82, 2.24) is 0 Å². The van der Waals surface area contributed by atoms with Gasteiger partial charge in [-0.25, -0.2) is 0 Å². The van der Waals surface area contributed by atoms with Crippen molar-refractivity contribution in [2.75, 3.05) is 18.0 Å². The standard InChI is InChI=1S/C11H13NO2/c13-8-9-1-3-10(4-2-9)12-6-5-11(14)7-12/h1-4,8,11,14H,5-7H2/t11-/m1/s1. The molecular weight excluding hydrogens is 178 g/mol. The molecule has 1 saturated heterocycles. The first-order chi connectivity index (χ1) is 6.79. The van der Waals surface area contributed by atoms with E-state index >= 15 is 0 Å². The molecule has 0 radical (unpaired) electrons. The maximum absolute atomic E-state index is 10.4. The molecule has 0 unspecified atom stereocenters. The first-order valence-corrected chi connectivity index (χ1v) is 4.78. The van der Waals surface area contributed by atoms with Crippen LogP contribution in [0.3, 0.4) is 0 Å². The fourth-order valence-corrected chi connectivity index (χ4v) is 1.74. The van der Waals surface area contributed by atoms with Crippen molar-refractivity contribution in [3.63, 3.8) is 0 Å². The maximum atomic E-state index is 10.4. The molecule has 1 aromatic carbocycles. The number of anilines is 1. The zero-order valence-corrected chi connectivity index (χ0v) is 7.89. The number of β-amino-alcohol motifs (C(OH)–C–C–N with tert-alkyl or cyclic N) is 1. The molecule has 0 saturated carbocycles. The third-order valence-electron chi connectivity index (χ3n) is 2.56. The number of benzene rings is 1. The van der Waals surface area contributed by atoms with Gasteiger partial charge in [0.2, 0.25) is 0 Å². The van der Waals surface area contributed by atoms with E-state index in [0.717, 1.165) is 24.9 Å². The van der Waals surface area contributed by atoms with Gasteiger partial charge in [0, 0.05) is 24.3 Å². The summed E-state index contributed by atoms with van der Waals surface area (Å²) in [7, 11) is 0. The second-order valence-corrected chi connectivity index (χ2v) is 3.60. The van der Waals surface area contributed by atoms with Crippen LogP contribution in [0, 0.1) is 0 Å². The first-order valence-electron chi connectivity index (χ1n) is 4.78. The molecule has 3 nitrogen and oxygen atoms in total. The van der Waals surface area contributed by atoms with E-state index in [9.17, 15) is 9.90 Å². The van der Waals surface area contributed by atoms with Crippen LogP contribution in [0.15, 0.2) is 24.3 Å². The monoisotopic (exact) mass is 191 g/mol. The average molecular weight is 191 g/mol. The highest BCUT2D eigenvalue weighted by Crippen LogP contribution is 2.20. The predicted molar refractivity (Wildman–Crippen MR) is 54.7 cm³/mol. The van der Waals surface area contributed by atoms with Gasteiger partial charge in [0.05, 0.1) is 6.10 Å². The summed E-state index contributed by atoms with van der Waals surface area (Å²) in [5, 5.41) is 9.36. The van der Waals surface area contributed by atoms with Crippen LogP contribution in [0.1, 0.15) is 16.8 Å². The fourth-order valence-electron chi connectivity index (χ4n) is 1.74. The lowest BCUT2D eigenvalue weighted by atomic mass is 10.2. The van der Waals surface area contributed by atoms with Crippen molar-refractivity contribution < 1.29 is 9.90 Å². The summed E-state index contributed by atoms with van der Waals surface area (Å²) in [5.74, 6) is 0. The minimum absolute atomic E-state index is 0.208. The van der Waals surface area contributed by atoms with Gasteiger partial charge in [-0.15, -0.1) is 0 Å². The lowest BCUT2D eigenvalue weighted by molar-refractivity contribution is 0.112. The topological polar surface area (TPSA) is 40.5 Å². The molecule has 74 valence electrons. The van der Waals surface area contributed by atoms with Crippen molar-refractivity contribution in [3.05, 3.63) is 29.8 Å². The molecule has 2 rings (SSSR count). The Kier molecular flexibility index (Phi) is 2.50. The quantitative estimate of drug-likeness (QED) is 0.711. The largest absolute Gasteiger partial charge is 0.391 e. The highest BCUT2D eigenvalue weighted by atomic mass is 16.3. The summed E-state index contributed by atoms with van der Waals surface area (Å²) in [5.41, 5.74) is 1.76. The normalized spacial score (nSPS) is 21.2. The van der Waals surface area contributed by atoms with Crippen LogP contribution in [0.5, 0.6) is 0 Å². The Morgan fingerprint density at radius 2 is 2.07 bits per heavy atom. The number of carbonyl (C=O) groups excluding carboxylic acids is 1. The molecule has 0 amide bonds. The molecular formula is C11H13NO2. The molecule has 3 heteroatoms. The van der Waals surface area contributed by atoms with Crippen LogP contribution < -0.4 is 4.90 Å². The molecule has 1 atom stereocenters. The highest BCUT2D eigenvalue weighted by Gasteiger charge is 2.19. The molecule has 1 aliphatic rings. The number of aldehydes is 1. The van der Waals surface area contributed by atoms with Crippen LogP contribution >= 0.6 is 0 Å². The number of aliphatic hydroxyl groups is 1. The molecule has 0 bridgehead atoms. The predicted octanol–water partition coefficient (Wildman–Crippen LogP) is 1.07. The molecule has 1 aliphatic heterocycles. The lowest BCUT2D eigenvalue weighted by Gasteiger charge is -2.17. The number of hydrogen-bond acceptors (Lipinski definition) is 3. The third-order valence-corrected chi connectivity index (χ3v) is 2.56. The Balaban J connectivity index is 2.13. The van der Waals surface area contributed by atoms with Crippen LogP contribution in [-0.2, 0) is 0 Å². The van der Waals surface area contributed by atoms with Crippen molar-refractivity contribution in [2.45, 2.75) is 12.5 Å². The van der Waals surface area contributed by atoms with Gasteiger partial charge in [0.1, 0.15) is 6.29 Å². The molecule has 0 aliphatic carbocycles. The average Bonchev–Trinajstić information content (AvgIpc) is 2.65. The Hall–Kier alpha value is -1.35. The summed E-state index contributed by atoms with van der Waals surface area (Å²) in [6.45, 7) is 1.59. The van der Waals surface area contributed by atoms with Crippen LogP contribution in [0.2, 0.25) is 0 Å². The minimum Gasteiger partial charge on any atom is -0.391 e. The molecule has 1 fully saturated rings. The minimum atomic E-state index is -0.208. The second kappa shape index (κ2) is 3.80. The molecule has 0 aromatic heterocycles. The van der Waals surface area contributed by atoms with E-state index < -0.39 is 0 Å². The van der Waals surface area contributed by atoms with Gasteiger partial charge in [0.15, 0.2) is 0 Å². The number of nitrogens with zero attached hydrogens (tertiary/aromatic N) is 1. The fraction of sp³-hybridized carbons (Fsp3) is 0.364. The van der Waals surface area contributed by atoms with E-state index in [4.69, 9.17) is 0 Å². The highest BCUT2D eigenvalue weighted by molar-refractivity contribution is 5.75. The zero-order chi connectivity index (χ0) is 9.97. The van der Waals surface area contributed by atoms with Crippen LogP contribution in [0.25, 0.3) is 0 Å². The third kappa shape index (κ3) is 1.77. The maximum Gasteiger partial charge on any atom is 0.150 e. The summed E-state index contributed by atoms with van der Waals surface area (Å²) >= 11 is 0. The van der Waals surface area contributed by atoms with Gasteiger partial charge in [0.25, 0.3) is 0 Å².